The maximum atomic E-state index is 5.76. The van der Waals surface area contributed by atoms with Crippen molar-refractivity contribution < 1.29 is 4.74 Å². The molecule has 2 rings (SSSR count). The first kappa shape index (κ1) is 11.1. The molecule has 2 aromatic rings. The molecule has 0 aliphatic carbocycles. The van der Waals surface area contributed by atoms with Crippen molar-refractivity contribution in [1.82, 2.24) is 10.2 Å². The summed E-state index contributed by atoms with van der Waals surface area (Å²) in [6, 6.07) is 7.24. The van der Waals surface area contributed by atoms with E-state index in [0.29, 0.717) is 11.6 Å². The van der Waals surface area contributed by atoms with Crippen LogP contribution in [0.2, 0.25) is 5.02 Å². The molecule has 3 nitrogen and oxygen atoms in total. The first-order valence-electron chi connectivity index (χ1n) is 4.10. The van der Waals surface area contributed by atoms with E-state index in [1.807, 2.05) is 12.1 Å². The molecule has 15 heavy (non-hydrogen) atoms. The van der Waals surface area contributed by atoms with Crippen molar-refractivity contribution in [1.29, 1.82) is 0 Å². The third kappa shape index (κ3) is 3.29. The number of aromatic nitrogens is 2. The van der Waals surface area contributed by atoms with Gasteiger partial charge in [0.15, 0.2) is 8.02 Å². The van der Waals surface area contributed by atoms with Crippen LogP contribution in [0.4, 0.5) is 0 Å². The second-order valence-electron chi connectivity index (χ2n) is 2.69. The van der Waals surface area contributed by atoms with Gasteiger partial charge in [0.05, 0.1) is 0 Å². The van der Waals surface area contributed by atoms with Crippen LogP contribution in [0, 0.1) is 3.01 Å². The highest BCUT2D eigenvalue weighted by Gasteiger charge is 2.02. The topological polar surface area (TPSA) is 35.0 Å². The van der Waals surface area contributed by atoms with Crippen molar-refractivity contribution in [3.05, 3.63) is 37.3 Å². The van der Waals surface area contributed by atoms with E-state index in [0.717, 1.165) is 13.8 Å². The van der Waals surface area contributed by atoms with E-state index in [2.05, 4.69) is 32.8 Å². The summed E-state index contributed by atoms with van der Waals surface area (Å²) in [6.45, 7) is 0.447. The maximum absolute atomic E-state index is 5.76. The average molecular weight is 353 g/mol. The van der Waals surface area contributed by atoms with Crippen molar-refractivity contribution in [2.45, 2.75) is 6.61 Å². The Labute approximate surface area is 110 Å². The standard InChI is InChI=1S/C9H6ClIN2OS/c10-6-1-3-7(4-2-6)14-5-8-12-13-9(11)15-8/h1-4H,5H2. The molecule has 6 heteroatoms. The zero-order valence-electron chi connectivity index (χ0n) is 7.48. The zero-order chi connectivity index (χ0) is 10.7. The first-order chi connectivity index (χ1) is 7.24. The number of hydrogen-bond acceptors (Lipinski definition) is 4. The summed E-state index contributed by atoms with van der Waals surface area (Å²) in [6.07, 6.45) is 0. The molecule has 1 aromatic carbocycles. The second-order valence-corrected chi connectivity index (χ2v) is 5.94. The van der Waals surface area contributed by atoms with Gasteiger partial charge in [0.25, 0.3) is 0 Å². The minimum absolute atomic E-state index is 0.447. The SMILES string of the molecule is Clc1ccc(OCc2nnc(I)s2)cc1. The summed E-state index contributed by atoms with van der Waals surface area (Å²) in [4.78, 5) is 0. The Hall–Kier alpha value is -0.400. The smallest absolute Gasteiger partial charge is 0.178 e. The Bertz CT molecular complexity index is 446. The lowest BCUT2D eigenvalue weighted by Crippen LogP contribution is -1.94. The number of hydrogen-bond donors (Lipinski definition) is 0. The summed E-state index contributed by atoms with van der Waals surface area (Å²) in [5.41, 5.74) is 0. The van der Waals surface area contributed by atoms with Crippen molar-refractivity contribution >= 4 is 45.5 Å². The quantitative estimate of drug-likeness (QED) is 0.795. The number of rotatable bonds is 3. The fourth-order valence-electron chi connectivity index (χ4n) is 0.967. The lowest BCUT2D eigenvalue weighted by atomic mass is 10.3. The van der Waals surface area contributed by atoms with Crippen molar-refractivity contribution in [2.24, 2.45) is 0 Å². The highest BCUT2D eigenvalue weighted by atomic mass is 127. The highest BCUT2D eigenvalue weighted by molar-refractivity contribution is 14.1. The predicted molar refractivity (Wildman–Crippen MR) is 68.4 cm³/mol. The monoisotopic (exact) mass is 352 g/mol. The summed E-state index contributed by atoms with van der Waals surface area (Å²) in [5, 5.41) is 9.43. The van der Waals surface area contributed by atoms with Crippen LogP contribution < -0.4 is 4.74 Å². The van der Waals surface area contributed by atoms with Gasteiger partial charge in [-0.2, -0.15) is 0 Å². The van der Waals surface area contributed by atoms with Gasteiger partial charge in [-0.25, -0.2) is 0 Å². The number of halogens is 2. The van der Waals surface area contributed by atoms with E-state index in [1.165, 1.54) is 11.3 Å². The van der Waals surface area contributed by atoms with Crippen molar-refractivity contribution in [3.63, 3.8) is 0 Å². The van der Waals surface area contributed by atoms with Gasteiger partial charge in [0.1, 0.15) is 12.4 Å². The maximum Gasteiger partial charge on any atom is 0.178 e. The fourth-order valence-corrected chi connectivity index (χ4v) is 2.44. The van der Waals surface area contributed by atoms with Crippen molar-refractivity contribution in [3.8, 4) is 5.75 Å². The molecule has 1 heterocycles. The van der Waals surface area contributed by atoms with Gasteiger partial charge in [-0.05, 0) is 46.9 Å². The number of nitrogens with zero attached hydrogens (tertiary/aromatic N) is 2. The Morgan fingerprint density at radius 1 is 1.27 bits per heavy atom. The lowest BCUT2D eigenvalue weighted by molar-refractivity contribution is 0.304. The number of benzene rings is 1. The summed E-state index contributed by atoms with van der Waals surface area (Å²) >= 11 is 9.41. The molecule has 78 valence electrons. The molecule has 0 fully saturated rings. The lowest BCUT2D eigenvalue weighted by Gasteiger charge is -2.02. The van der Waals surface area contributed by atoms with Gasteiger partial charge in [-0.3, -0.25) is 0 Å². The predicted octanol–water partition coefficient (Wildman–Crippen LogP) is 3.38. The molecule has 0 N–H and O–H groups in total. The summed E-state index contributed by atoms with van der Waals surface area (Å²) in [5.74, 6) is 0.782. The molecule has 0 spiro atoms. The highest BCUT2D eigenvalue weighted by Crippen LogP contribution is 2.18. The molecule has 0 atom stereocenters. The molecule has 0 saturated heterocycles. The largest absolute Gasteiger partial charge is 0.486 e. The minimum Gasteiger partial charge on any atom is -0.486 e. The summed E-state index contributed by atoms with van der Waals surface area (Å²) < 4.78 is 6.43. The average Bonchev–Trinajstić information content (AvgIpc) is 2.64. The van der Waals surface area contributed by atoms with Crippen LogP contribution in [0.25, 0.3) is 0 Å². The van der Waals surface area contributed by atoms with Gasteiger partial charge >= 0.3 is 0 Å². The van der Waals surface area contributed by atoms with E-state index in [-0.39, 0.29) is 0 Å². The van der Waals surface area contributed by atoms with Gasteiger partial charge in [-0.15, -0.1) is 10.2 Å². The van der Waals surface area contributed by atoms with Crippen LogP contribution in [0.15, 0.2) is 24.3 Å². The molecular formula is C9H6ClIN2OS. The molecule has 0 aliphatic heterocycles. The van der Waals surface area contributed by atoms with Gasteiger partial charge in [0.2, 0.25) is 0 Å². The Kier molecular flexibility index (Phi) is 3.76. The number of ether oxygens (including phenoxy) is 1. The molecule has 1 aromatic heterocycles. The molecule has 0 aliphatic rings. The van der Waals surface area contributed by atoms with Crippen LogP contribution in [-0.4, -0.2) is 10.2 Å². The Morgan fingerprint density at radius 3 is 2.60 bits per heavy atom. The van der Waals surface area contributed by atoms with E-state index in [4.69, 9.17) is 16.3 Å². The van der Waals surface area contributed by atoms with E-state index < -0.39 is 0 Å². The van der Waals surface area contributed by atoms with E-state index >= 15 is 0 Å². The molecule has 0 amide bonds. The van der Waals surface area contributed by atoms with Crippen molar-refractivity contribution in [2.75, 3.05) is 0 Å². The third-order valence-corrected chi connectivity index (χ3v) is 3.43. The van der Waals surface area contributed by atoms with Gasteiger partial charge in [0, 0.05) is 5.02 Å². The fraction of sp³-hybridized carbons (Fsp3) is 0.111. The van der Waals surface area contributed by atoms with Gasteiger partial charge in [-0.1, -0.05) is 22.9 Å². The summed E-state index contributed by atoms with van der Waals surface area (Å²) in [7, 11) is 0. The van der Waals surface area contributed by atoms with Crippen LogP contribution in [0.3, 0.4) is 0 Å². The molecule has 0 unspecified atom stereocenters. The molecule has 0 radical (unpaired) electrons. The van der Waals surface area contributed by atoms with Crippen LogP contribution >= 0.6 is 45.5 Å². The van der Waals surface area contributed by atoms with E-state index in [1.54, 1.807) is 12.1 Å². The van der Waals surface area contributed by atoms with Crippen LogP contribution in [0.5, 0.6) is 5.75 Å². The zero-order valence-corrected chi connectivity index (χ0v) is 11.2. The van der Waals surface area contributed by atoms with E-state index in [9.17, 15) is 0 Å². The van der Waals surface area contributed by atoms with Crippen LogP contribution in [-0.2, 0) is 6.61 Å². The second kappa shape index (κ2) is 5.09. The first-order valence-corrected chi connectivity index (χ1v) is 6.37. The molecule has 0 bridgehead atoms. The normalized spacial score (nSPS) is 10.3. The van der Waals surface area contributed by atoms with Gasteiger partial charge < -0.3 is 4.74 Å². The van der Waals surface area contributed by atoms with Crippen LogP contribution in [0.1, 0.15) is 5.01 Å². The minimum atomic E-state index is 0.447. The molecule has 0 saturated carbocycles. The third-order valence-electron chi connectivity index (χ3n) is 1.62. The Morgan fingerprint density at radius 2 is 2.00 bits per heavy atom. The Balaban J connectivity index is 1.96. The molecular weight excluding hydrogens is 347 g/mol.